The molecule has 18 heavy (non-hydrogen) atoms. The van der Waals surface area contributed by atoms with E-state index >= 15 is 0 Å². The highest BCUT2D eigenvalue weighted by Crippen LogP contribution is 2.13. The lowest BCUT2D eigenvalue weighted by Gasteiger charge is -2.28. The summed E-state index contributed by atoms with van der Waals surface area (Å²) in [5.74, 6) is 0.552. The number of amides is 1. The van der Waals surface area contributed by atoms with Crippen LogP contribution in [-0.2, 0) is 4.79 Å². The summed E-state index contributed by atoms with van der Waals surface area (Å²) in [7, 11) is 4.14. The maximum atomic E-state index is 11.7. The van der Waals surface area contributed by atoms with Crippen LogP contribution in [0.2, 0.25) is 0 Å². The van der Waals surface area contributed by atoms with Crippen LogP contribution in [0, 0.1) is 11.3 Å². The molecule has 0 aromatic heterocycles. The first kappa shape index (κ1) is 17.4. The van der Waals surface area contributed by atoms with Gasteiger partial charge in [-0.2, -0.15) is 0 Å². The molecule has 0 radical (unpaired) electrons. The van der Waals surface area contributed by atoms with Crippen LogP contribution in [0.25, 0.3) is 0 Å². The van der Waals surface area contributed by atoms with Crippen LogP contribution in [0.15, 0.2) is 0 Å². The van der Waals surface area contributed by atoms with Gasteiger partial charge in [0, 0.05) is 19.1 Å². The largest absolute Gasteiger partial charge is 0.352 e. The third-order valence-electron chi connectivity index (χ3n) is 3.02. The lowest BCUT2D eigenvalue weighted by molar-refractivity contribution is -0.121. The number of nitrogens with zero attached hydrogens (tertiary/aromatic N) is 1. The van der Waals surface area contributed by atoms with Crippen molar-refractivity contribution in [2.45, 2.75) is 40.7 Å². The van der Waals surface area contributed by atoms with Gasteiger partial charge in [-0.3, -0.25) is 4.79 Å². The number of hydrogen-bond acceptors (Lipinski definition) is 3. The van der Waals surface area contributed by atoms with Gasteiger partial charge in [-0.05, 0) is 32.4 Å². The lowest BCUT2D eigenvalue weighted by atomic mass is 9.93. The quantitative estimate of drug-likeness (QED) is 0.689. The number of rotatable bonds is 8. The minimum absolute atomic E-state index is 0.0804. The molecule has 1 amide bonds. The summed E-state index contributed by atoms with van der Waals surface area (Å²) in [5.41, 5.74) is 0.174. The van der Waals surface area contributed by atoms with E-state index < -0.39 is 0 Å². The average Bonchev–Trinajstić information content (AvgIpc) is 2.14. The van der Waals surface area contributed by atoms with E-state index in [1.165, 1.54) is 0 Å². The molecular weight excluding hydrogens is 226 g/mol. The number of carbonyl (C=O) groups is 1. The predicted octanol–water partition coefficient (Wildman–Crippen LogP) is 1.32. The Bertz CT molecular complexity index is 249. The summed E-state index contributed by atoms with van der Waals surface area (Å²) in [4.78, 5) is 13.9. The normalized spacial score (nSPS) is 14.1. The topological polar surface area (TPSA) is 44.4 Å². The van der Waals surface area contributed by atoms with Crippen molar-refractivity contribution in [1.29, 1.82) is 0 Å². The molecule has 1 unspecified atom stereocenters. The van der Waals surface area contributed by atoms with Crippen LogP contribution < -0.4 is 10.6 Å². The van der Waals surface area contributed by atoms with Crippen LogP contribution in [0.3, 0.4) is 0 Å². The molecule has 0 saturated heterocycles. The standard InChI is InChI=1S/C14H31N3O/c1-11(2)12(3)16-13(18)8-15-9-14(4,5)10-17(6)7/h11-12,15H,8-10H2,1-7H3,(H,16,18). The fraction of sp³-hybridized carbons (Fsp3) is 0.929. The van der Waals surface area contributed by atoms with Gasteiger partial charge in [0.25, 0.3) is 0 Å². The second kappa shape index (κ2) is 7.74. The van der Waals surface area contributed by atoms with E-state index in [0.29, 0.717) is 12.5 Å². The molecule has 0 spiro atoms. The highest BCUT2D eigenvalue weighted by molar-refractivity contribution is 5.78. The summed E-state index contributed by atoms with van der Waals surface area (Å²) in [6, 6.07) is 0.231. The Morgan fingerprint density at radius 3 is 2.22 bits per heavy atom. The molecule has 0 saturated carbocycles. The van der Waals surface area contributed by atoms with Gasteiger partial charge >= 0.3 is 0 Å². The smallest absolute Gasteiger partial charge is 0.234 e. The molecule has 0 bridgehead atoms. The molecule has 2 N–H and O–H groups in total. The predicted molar refractivity (Wildman–Crippen MR) is 77.6 cm³/mol. The summed E-state index contributed by atoms with van der Waals surface area (Å²) in [5, 5.41) is 6.23. The summed E-state index contributed by atoms with van der Waals surface area (Å²) in [6.45, 7) is 12.9. The first-order chi connectivity index (χ1) is 8.14. The second-order valence-corrected chi connectivity index (χ2v) is 6.61. The molecular formula is C14H31N3O. The maximum absolute atomic E-state index is 11.7. The molecule has 0 aliphatic carbocycles. The fourth-order valence-electron chi connectivity index (χ4n) is 1.90. The van der Waals surface area contributed by atoms with E-state index in [1.54, 1.807) is 0 Å². The Balaban J connectivity index is 3.87. The molecule has 1 atom stereocenters. The van der Waals surface area contributed by atoms with Gasteiger partial charge in [0.1, 0.15) is 0 Å². The Labute approximate surface area is 113 Å². The Morgan fingerprint density at radius 1 is 1.22 bits per heavy atom. The third kappa shape index (κ3) is 8.48. The highest BCUT2D eigenvalue weighted by Gasteiger charge is 2.19. The Morgan fingerprint density at radius 2 is 1.78 bits per heavy atom. The minimum atomic E-state index is 0.0804. The van der Waals surface area contributed by atoms with Gasteiger partial charge < -0.3 is 15.5 Å². The van der Waals surface area contributed by atoms with E-state index in [4.69, 9.17) is 0 Å². The molecule has 0 aliphatic heterocycles. The highest BCUT2D eigenvalue weighted by atomic mass is 16.1. The molecule has 4 nitrogen and oxygen atoms in total. The van der Waals surface area contributed by atoms with Crippen molar-refractivity contribution in [2.24, 2.45) is 11.3 Å². The van der Waals surface area contributed by atoms with E-state index in [2.05, 4.69) is 57.3 Å². The van der Waals surface area contributed by atoms with E-state index in [-0.39, 0.29) is 17.4 Å². The molecule has 0 fully saturated rings. The summed E-state index contributed by atoms with van der Waals surface area (Å²) in [6.07, 6.45) is 0. The minimum Gasteiger partial charge on any atom is -0.352 e. The number of nitrogens with one attached hydrogen (secondary N) is 2. The molecule has 0 aromatic rings. The van der Waals surface area contributed by atoms with Crippen molar-refractivity contribution < 1.29 is 4.79 Å². The zero-order chi connectivity index (χ0) is 14.3. The molecule has 0 aliphatic rings. The zero-order valence-corrected chi connectivity index (χ0v) is 13.1. The van der Waals surface area contributed by atoms with Crippen LogP contribution >= 0.6 is 0 Å². The van der Waals surface area contributed by atoms with Crippen molar-refractivity contribution in [3.8, 4) is 0 Å². The fourth-order valence-corrected chi connectivity index (χ4v) is 1.90. The summed E-state index contributed by atoms with van der Waals surface area (Å²) < 4.78 is 0. The third-order valence-corrected chi connectivity index (χ3v) is 3.02. The van der Waals surface area contributed by atoms with E-state index in [1.807, 2.05) is 6.92 Å². The first-order valence-corrected chi connectivity index (χ1v) is 6.79. The lowest BCUT2D eigenvalue weighted by Crippen LogP contribution is -2.44. The van der Waals surface area contributed by atoms with Crippen molar-refractivity contribution in [1.82, 2.24) is 15.5 Å². The average molecular weight is 257 g/mol. The molecule has 0 aromatic carbocycles. The van der Waals surface area contributed by atoms with Crippen LogP contribution in [0.1, 0.15) is 34.6 Å². The van der Waals surface area contributed by atoms with Crippen molar-refractivity contribution in [3.63, 3.8) is 0 Å². The van der Waals surface area contributed by atoms with Gasteiger partial charge in [0.15, 0.2) is 0 Å². The van der Waals surface area contributed by atoms with Crippen LogP contribution in [0.4, 0.5) is 0 Å². The second-order valence-electron chi connectivity index (χ2n) is 6.61. The Kier molecular flexibility index (Phi) is 7.48. The first-order valence-electron chi connectivity index (χ1n) is 6.79. The van der Waals surface area contributed by atoms with Crippen LogP contribution in [-0.4, -0.2) is 50.6 Å². The van der Waals surface area contributed by atoms with Crippen molar-refractivity contribution in [3.05, 3.63) is 0 Å². The Hall–Kier alpha value is -0.610. The van der Waals surface area contributed by atoms with Gasteiger partial charge in [-0.15, -0.1) is 0 Å². The van der Waals surface area contributed by atoms with Crippen molar-refractivity contribution >= 4 is 5.91 Å². The molecule has 0 rings (SSSR count). The van der Waals surface area contributed by atoms with Gasteiger partial charge in [0.05, 0.1) is 6.54 Å². The van der Waals surface area contributed by atoms with Crippen molar-refractivity contribution in [2.75, 3.05) is 33.7 Å². The zero-order valence-electron chi connectivity index (χ0n) is 13.1. The SMILES string of the molecule is CC(C)C(C)NC(=O)CNCC(C)(C)CN(C)C. The monoisotopic (exact) mass is 257 g/mol. The maximum Gasteiger partial charge on any atom is 0.234 e. The van der Waals surface area contributed by atoms with Gasteiger partial charge in [0.2, 0.25) is 5.91 Å². The van der Waals surface area contributed by atoms with Gasteiger partial charge in [-0.1, -0.05) is 27.7 Å². The van der Waals surface area contributed by atoms with E-state index in [9.17, 15) is 4.79 Å². The number of carbonyl (C=O) groups excluding carboxylic acids is 1. The summed E-state index contributed by atoms with van der Waals surface area (Å²) >= 11 is 0. The number of hydrogen-bond donors (Lipinski definition) is 2. The molecule has 0 heterocycles. The van der Waals surface area contributed by atoms with Crippen LogP contribution in [0.5, 0.6) is 0 Å². The van der Waals surface area contributed by atoms with Gasteiger partial charge in [-0.25, -0.2) is 0 Å². The molecule has 4 heteroatoms. The van der Waals surface area contributed by atoms with E-state index in [0.717, 1.165) is 13.1 Å². The molecule has 108 valence electrons.